The maximum absolute atomic E-state index is 13.1. The lowest BCUT2D eigenvalue weighted by Crippen LogP contribution is -2.00. The highest BCUT2D eigenvalue weighted by atomic mass is 19.1. The van der Waals surface area contributed by atoms with Crippen molar-refractivity contribution in [3.05, 3.63) is 83.0 Å². The maximum atomic E-state index is 13.1. The van der Waals surface area contributed by atoms with Crippen molar-refractivity contribution < 1.29 is 13.9 Å². The lowest BCUT2D eigenvalue weighted by atomic mass is 10.2. The van der Waals surface area contributed by atoms with Gasteiger partial charge in [0.05, 0.1) is 6.57 Å². The number of benzene rings is 2. The standard InChI is InChI=1S/C17H12FNO2/c1-19-16-11-13(7-9-15(16)18)8-10-17(20)21-12-14-5-3-2-4-6-14/h2-11H,12H2/b10-8+. The van der Waals surface area contributed by atoms with E-state index in [1.54, 1.807) is 0 Å². The van der Waals surface area contributed by atoms with E-state index in [0.29, 0.717) is 5.56 Å². The average molecular weight is 281 g/mol. The van der Waals surface area contributed by atoms with Gasteiger partial charge >= 0.3 is 5.97 Å². The Morgan fingerprint density at radius 3 is 2.71 bits per heavy atom. The highest BCUT2D eigenvalue weighted by Crippen LogP contribution is 2.19. The Morgan fingerprint density at radius 2 is 2.00 bits per heavy atom. The molecule has 0 saturated carbocycles. The summed E-state index contributed by atoms with van der Waals surface area (Å²) < 4.78 is 18.2. The van der Waals surface area contributed by atoms with Crippen LogP contribution in [0.25, 0.3) is 10.9 Å². The normalized spacial score (nSPS) is 10.3. The predicted molar refractivity (Wildman–Crippen MR) is 77.9 cm³/mol. The summed E-state index contributed by atoms with van der Waals surface area (Å²) in [5, 5.41) is 0. The second kappa shape index (κ2) is 7.01. The summed E-state index contributed by atoms with van der Waals surface area (Å²) in [4.78, 5) is 14.6. The van der Waals surface area contributed by atoms with E-state index < -0.39 is 11.8 Å². The molecule has 0 N–H and O–H groups in total. The first-order valence-electron chi connectivity index (χ1n) is 6.25. The number of halogens is 1. The molecule has 0 radical (unpaired) electrons. The lowest BCUT2D eigenvalue weighted by Gasteiger charge is -2.01. The minimum absolute atomic E-state index is 0.0743. The fourth-order valence-electron chi connectivity index (χ4n) is 1.66. The van der Waals surface area contributed by atoms with Crippen LogP contribution in [0.5, 0.6) is 0 Å². The zero-order valence-electron chi connectivity index (χ0n) is 11.1. The average Bonchev–Trinajstić information content (AvgIpc) is 2.53. The molecule has 0 aliphatic carbocycles. The van der Waals surface area contributed by atoms with E-state index in [2.05, 4.69) is 4.85 Å². The van der Waals surface area contributed by atoms with Gasteiger partial charge in [-0.05, 0) is 29.3 Å². The van der Waals surface area contributed by atoms with Crippen LogP contribution in [-0.4, -0.2) is 5.97 Å². The van der Waals surface area contributed by atoms with Crippen molar-refractivity contribution in [3.63, 3.8) is 0 Å². The van der Waals surface area contributed by atoms with E-state index in [4.69, 9.17) is 11.3 Å². The van der Waals surface area contributed by atoms with E-state index in [1.807, 2.05) is 30.3 Å². The predicted octanol–water partition coefficient (Wildman–Crippen LogP) is 4.13. The first-order valence-corrected chi connectivity index (χ1v) is 6.25. The molecule has 2 rings (SSSR count). The highest BCUT2D eigenvalue weighted by Gasteiger charge is 2.02. The van der Waals surface area contributed by atoms with Crippen LogP contribution in [0.4, 0.5) is 10.1 Å². The van der Waals surface area contributed by atoms with Gasteiger partial charge < -0.3 is 4.74 Å². The summed E-state index contributed by atoms with van der Waals surface area (Å²) in [6, 6.07) is 13.4. The monoisotopic (exact) mass is 281 g/mol. The summed E-state index contributed by atoms with van der Waals surface area (Å²) in [5.41, 5.74) is 1.39. The quantitative estimate of drug-likeness (QED) is 0.479. The first-order chi connectivity index (χ1) is 10.2. The number of esters is 1. The molecule has 0 aliphatic heterocycles. The van der Waals surface area contributed by atoms with Crippen LogP contribution in [0.1, 0.15) is 11.1 Å². The molecule has 4 heteroatoms. The molecule has 0 amide bonds. The van der Waals surface area contributed by atoms with Crippen molar-refractivity contribution in [1.82, 2.24) is 0 Å². The second-order valence-electron chi connectivity index (χ2n) is 4.25. The Morgan fingerprint density at radius 1 is 1.24 bits per heavy atom. The molecule has 0 bridgehead atoms. The molecule has 21 heavy (non-hydrogen) atoms. The molecule has 0 heterocycles. The van der Waals surface area contributed by atoms with E-state index in [1.165, 1.54) is 30.4 Å². The molecular weight excluding hydrogens is 269 g/mol. The van der Waals surface area contributed by atoms with E-state index >= 15 is 0 Å². The smallest absolute Gasteiger partial charge is 0.331 e. The number of carbonyl (C=O) groups is 1. The van der Waals surface area contributed by atoms with E-state index in [-0.39, 0.29) is 12.3 Å². The third-order valence-electron chi connectivity index (χ3n) is 2.73. The summed E-state index contributed by atoms with van der Waals surface area (Å²) in [6.07, 6.45) is 2.74. The van der Waals surface area contributed by atoms with Crippen LogP contribution in [-0.2, 0) is 16.1 Å². The molecule has 0 aromatic heterocycles. The number of hydrogen-bond acceptors (Lipinski definition) is 2. The Kier molecular flexibility index (Phi) is 4.84. The van der Waals surface area contributed by atoms with Crippen LogP contribution in [0.15, 0.2) is 54.6 Å². The van der Waals surface area contributed by atoms with Gasteiger partial charge in [0, 0.05) is 6.08 Å². The molecule has 0 unspecified atom stereocenters. The van der Waals surface area contributed by atoms with Gasteiger partial charge in [-0.1, -0.05) is 36.4 Å². The zero-order valence-corrected chi connectivity index (χ0v) is 11.1. The minimum atomic E-state index is -0.575. The van der Waals surface area contributed by atoms with Gasteiger partial charge in [-0.25, -0.2) is 14.0 Å². The van der Waals surface area contributed by atoms with Crippen molar-refractivity contribution >= 4 is 17.7 Å². The Balaban J connectivity index is 1.95. The molecule has 0 aliphatic rings. The fourth-order valence-corrected chi connectivity index (χ4v) is 1.66. The van der Waals surface area contributed by atoms with Crippen LogP contribution in [0.2, 0.25) is 0 Å². The topological polar surface area (TPSA) is 30.7 Å². The molecular formula is C17H12FNO2. The SMILES string of the molecule is [C-]#[N+]c1cc(/C=C/C(=O)OCc2ccccc2)ccc1F. The number of rotatable bonds is 4. The van der Waals surface area contributed by atoms with Gasteiger partial charge in [-0.15, -0.1) is 0 Å². The third-order valence-corrected chi connectivity index (χ3v) is 2.73. The van der Waals surface area contributed by atoms with Gasteiger partial charge in [-0.3, -0.25) is 0 Å². The largest absolute Gasteiger partial charge is 0.458 e. The summed E-state index contributed by atoms with van der Waals surface area (Å²) >= 11 is 0. The lowest BCUT2D eigenvalue weighted by molar-refractivity contribution is -0.138. The van der Waals surface area contributed by atoms with Crippen LogP contribution >= 0.6 is 0 Å². The van der Waals surface area contributed by atoms with Crippen LogP contribution in [0.3, 0.4) is 0 Å². The van der Waals surface area contributed by atoms with E-state index in [0.717, 1.165) is 5.56 Å². The maximum Gasteiger partial charge on any atom is 0.331 e. The molecule has 3 nitrogen and oxygen atoms in total. The van der Waals surface area contributed by atoms with Crippen LogP contribution < -0.4 is 0 Å². The van der Waals surface area contributed by atoms with Crippen molar-refractivity contribution in [2.45, 2.75) is 6.61 Å². The van der Waals surface area contributed by atoms with Crippen molar-refractivity contribution in [2.75, 3.05) is 0 Å². The zero-order chi connectivity index (χ0) is 15.1. The molecule has 2 aromatic rings. The number of nitrogens with zero attached hydrogens (tertiary/aromatic N) is 1. The summed E-state index contributed by atoms with van der Waals surface area (Å²) in [6.45, 7) is 7.02. The Bertz CT molecular complexity index is 702. The van der Waals surface area contributed by atoms with Gasteiger partial charge in [0.2, 0.25) is 5.69 Å². The molecule has 0 spiro atoms. The number of ether oxygens (including phenoxy) is 1. The molecule has 0 fully saturated rings. The van der Waals surface area contributed by atoms with Crippen molar-refractivity contribution in [1.29, 1.82) is 0 Å². The van der Waals surface area contributed by atoms with Gasteiger partial charge in [-0.2, -0.15) is 0 Å². The van der Waals surface area contributed by atoms with Crippen LogP contribution in [0, 0.1) is 12.4 Å². The van der Waals surface area contributed by atoms with Gasteiger partial charge in [0.25, 0.3) is 0 Å². The van der Waals surface area contributed by atoms with Crippen molar-refractivity contribution in [3.8, 4) is 0 Å². The number of hydrogen-bond donors (Lipinski definition) is 0. The van der Waals surface area contributed by atoms with Gasteiger partial charge in [0.1, 0.15) is 12.4 Å². The Labute approximate surface area is 122 Å². The molecule has 0 atom stereocenters. The summed E-state index contributed by atoms with van der Waals surface area (Å²) in [7, 11) is 0. The molecule has 104 valence electrons. The summed E-state index contributed by atoms with van der Waals surface area (Å²) in [5.74, 6) is -1.07. The molecule has 0 saturated heterocycles. The first kappa shape index (κ1) is 14.5. The fraction of sp³-hybridized carbons (Fsp3) is 0.0588. The van der Waals surface area contributed by atoms with Crippen molar-refractivity contribution in [2.24, 2.45) is 0 Å². The third kappa shape index (κ3) is 4.29. The minimum Gasteiger partial charge on any atom is -0.458 e. The Hall–Kier alpha value is -2.93. The number of carbonyl (C=O) groups excluding carboxylic acids is 1. The van der Waals surface area contributed by atoms with Gasteiger partial charge in [0.15, 0.2) is 0 Å². The molecule has 2 aromatic carbocycles. The second-order valence-corrected chi connectivity index (χ2v) is 4.25. The highest BCUT2D eigenvalue weighted by molar-refractivity contribution is 5.87. The van der Waals surface area contributed by atoms with E-state index in [9.17, 15) is 9.18 Å².